The Morgan fingerprint density at radius 3 is 0.674 bits per heavy atom. The van der Waals surface area contributed by atoms with Crippen LogP contribution >= 0.6 is 0 Å². The standard InChI is InChI=1S/C24H9BF18/c26-19(27,28)10-1-4-13(22(35,36)37)16(7-10)25(17-8-11(20(29,30)31)2-5-14(17)23(38,39)40)18-9-12(21(32,33)34)3-6-15(18)24(41,42)43/h1-9H. The van der Waals surface area contributed by atoms with Gasteiger partial charge in [-0.2, -0.15) is 79.0 Å². The molecule has 0 radical (unpaired) electrons. The lowest BCUT2D eigenvalue weighted by Crippen LogP contribution is -2.58. The molecule has 0 aromatic heterocycles. The molecule has 0 atom stereocenters. The summed E-state index contributed by atoms with van der Waals surface area (Å²) in [6.45, 7) is -3.56. The second kappa shape index (κ2) is 10.6. The van der Waals surface area contributed by atoms with Gasteiger partial charge in [0, 0.05) is 0 Å². The van der Waals surface area contributed by atoms with Crippen LogP contribution in [0.4, 0.5) is 79.0 Å². The van der Waals surface area contributed by atoms with Gasteiger partial charge in [-0.25, -0.2) is 0 Å². The van der Waals surface area contributed by atoms with Crippen LogP contribution in [0.25, 0.3) is 0 Å². The fourth-order valence-electron chi connectivity index (χ4n) is 4.21. The number of halogens is 18. The van der Waals surface area contributed by atoms with E-state index in [0.717, 1.165) is 0 Å². The van der Waals surface area contributed by atoms with E-state index in [-0.39, 0.29) is 18.2 Å². The zero-order valence-corrected chi connectivity index (χ0v) is 20.1. The maximum absolute atomic E-state index is 14.0. The van der Waals surface area contributed by atoms with E-state index in [2.05, 4.69) is 0 Å². The Kier molecular flexibility index (Phi) is 8.35. The molecule has 0 nitrogen and oxygen atoms in total. The van der Waals surface area contributed by atoms with E-state index in [1.807, 2.05) is 0 Å². The Labute approximate surface area is 228 Å². The first kappa shape index (κ1) is 34.0. The van der Waals surface area contributed by atoms with E-state index in [9.17, 15) is 79.0 Å². The third kappa shape index (κ3) is 7.34. The van der Waals surface area contributed by atoms with Gasteiger partial charge in [-0.15, -0.1) is 0 Å². The molecule has 234 valence electrons. The molecule has 0 aliphatic heterocycles. The van der Waals surface area contributed by atoms with Gasteiger partial charge in [0.05, 0.1) is 33.4 Å². The molecule has 0 saturated carbocycles. The molecular formula is C24H9BF18. The van der Waals surface area contributed by atoms with Crippen LogP contribution in [-0.4, -0.2) is 6.71 Å². The van der Waals surface area contributed by atoms with Crippen molar-refractivity contribution in [3.63, 3.8) is 0 Å². The van der Waals surface area contributed by atoms with Crippen LogP contribution in [0.3, 0.4) is 0 Å². The summed E-state index contributed by atoms with van der Waals surface area (Å²) >= 11 is 0. The molecule has 3 aromatic carbocycles. The summed E-state index contributed by atoms with van der Waals surface area (Å²) in [4.78, 5) is 0. The first-order valence-corrected chi connectivity index (χ1v) is 11.0. The van der Waals surface area contributed by atoms with Gasteiger partial charge in [-0.3, -0.25) is 0 Å². The van der Waals surface area contributed by atoms with E-state index in [0.29, 0.717) is 0 Å². The zero-order chi connectivity index (χ0) is 33.1. The van der Waals surface area contributed by atoms with E-state index in [1.54, 1.807) is 0 Å². The van der Waals surface area contributed by atoms with E-state index >= 15 is 0 Å². The Balaban J connectivity index is 2.72. The average Bonchev–Trinajstić information content (AvgIpc) is 2.80. The van der Waals surface area contributed by atoms with Gasteiger partial charge in [-0.05, 0) is 36.4 Å². The van der Waals surface area contributed by atoms with Crippen molar-refractivity contribution in [3.8, 4) is 0 Å². The minimum atomic E-state index is -5.88. The summed E-state index contributed by atoms with van der Waals surface area (Å²) in [6.07, 6.45) is -34.5. The minimum absolute atomic E-state index is 0.267. The van der Waals surface area contributed by atoms with E-state index in [1.165, 1.54) is 0 Å². The van der Waals surface area contributed by atoms with Gasteiger partial charge in [0.1, 0.15) is 0 Å². The van der Waals surface area contributed by atoms with E-state index in [4.69, 9.17) is 0 Å². The Morgan fingerprint density at radius 1 is 0.302 bits per heavy atom. The van der Waals surface area contributed by atoms with Crippen molar-refractivity contribution in [2.24, 2.45) is 0 Å². The largest absolute Gasteiger partial charge is 0.416 e. The first-order valence-electron chi connectivity index (χ1n) is 11.0. The topological polar surface area (TPSA) is 0 Å². The lowest BCUT2D eigenvalue weighted by atomic mass is 9.34. The van der Waals surface area contributed by atoms with Gasteiger partial charge in [0.15, 0.2) is 0 Å². The highest BCUT2D eigenvalue weighted by Gasteiger charge is 2.48. The van der Waals surface area contributed by atoms with Crippen molar-refractivity contribution in [1.29, 1.82) is 0 Å². The predicted octanol–water partition coefficient (Wildman–Crippen LogP) is 8.32. The summed E-state index contributed by atoms with van der Waals surface area (Å²) in [5, 5.41) is 0. The second-order valence-electron chi connectivity index (χ2n) is 8.83. The highest BCUT2D eigenvalue weighted by Crippen LogP contribution is 2.38. The third-order valence-corrected chi connectivity index (χ3v) is 5.99. The van der Waals surface area contributed by atoms with Gasteiger partial charge in [0.25, 0.3) is 0 Å². The van der Waals surface area contributed by atoms with Crippen LogP contribution < -0.4 is 16.4 Å². The fourth-order valence-corrected chi connectivity index (χ4v) is 4.21. The summed E-state index contributed by atoms with van der Waals surface area (Å²) in [7, 11) is 0. The molecule has 0 amide bonds. The maximum Gasteiger partial charge on any atom is 0.416 e. The molecule has 19 heteroatoms. The Hall–Kier alpha value is -3.54. The van der Waals surface area contributed by atoms with Gasteiger partial charge >= 0.3 is 37.1 Å². The number of benzene rings is 3. The quantitative estimate of drug-likeness (QED) is 0.198. The SMILES string of the molecule is FC(F)(F)c1ccc(C(F)(F)F)c(B(c2cc(C(F)(F)F)ccc2C(F)(F)F)c2cc(C(F)(F)F)ccc2C(F)(F)F)c1. The zero-order valence-electron chi connectivity index (χ0n) is 20.1. The molecule has 0 spiro atoms. The molecule has 0 saturated heterocycles. The summed E-state index contributed by atoms with van der Waals surface area (Å²) in [5.41, 5.74) is -19.8. The first-order chi connectivity index (χ1) is 19.1. The molecule has 0 aliphatic carbocycles. The molecule has 0 N–H and O–H groups in total. The number of rotatable bonds is 3. The fraction of sp³-hybridized carbons (Fsp3) is 0.250. The number of hydrogen-bond donors (Lipinski definition) is 0. The minimum Gasteiger partial charge on any atom is -0.166 e. The molecule has 43 heavy (non-hydrogen) atoms. The molecule has 0 unspecified atom stereocenters. The van der Waals surface area contributed by atoms with Crippen LogP contribution in [0.5, 0.6) is 0 Å². The molecular weight excluding hydrogens is 641 g/mol. The van der Waals surface area contributed by atoms with Crippen LogP contribution in [0, 0.1) is 0 Å². The van der Waals surface area contributed by atoms with Crippen molar-refractivity contribution in [1.82, 2.24) is 0 Å². The number of alkyl halides is 18. The Morgan fingerprint density at radius 2 is 0.512 bits per heavy atom. The summed E-state index contributed by atoms with van der Waals surface area (Å²) < 4.78 is 247. The molecule has 3 rings (SSSR count). The molecule has 0 fully saturated rings. The van der Waals surface area contributed by atoms with Gasteiger partial charge in [0.2, 0.25) is 6.71 Å². The van der Waals surface area contributed by atoms with Crippen LogP contribution in [-0.2, 0) is 37.1 Å². The highest BCUT2D eigenvalue weighted by atomic mass is 19.4. The lowest BCUT2D eigenvalue weighted by molar-refractivity contribution is -0.141. The van der Waals surface area contributed by atoms with Crippen LogP contribution in [0.15, 0.2) is 54.6 Å². The average molecular weight is 650 g/mol. The van der Waals surface area contributed by atoms with E-state index < -0.39 is 130 Å². The van der Waals surface area contributed by atoms with Crippen LogP contribution in [0.2, 0.25) is 0 Å². The molecule has 0 bridgehead atoms. The third-order valence-electron chi connectivity index (χ3n) is 5.99. The summed E-state index contributed by atoms with van der Waals surface area (Å²) in [6, 6.07) is -3.76. The van der Waals surface area contributed by atoms with Crippen molar-refractivity contribution >= 4 is 23.1 Å². The second-order valence-corrected chi connectivity index (χ2v) is 8.83. The summed E-state index contributed by atoms with van der Waals surface area (Å²) in [5.74, 6) is 0. The highest BCUT2D eigenvalue weighted by molar-refractivity contribution is 6.96. The normalized spacial score (nSPS) is 13.8. The van der Waals surface area contributed by atoms with Gasteiger partial charge in [-0.1, -0.05) is 34.6 Å². The monoisotopic (exact) mass is 650 g/mol. The lowest BCUT2D eigenvalue weighted by Gasteiger charge is -2.27. The number of hydrogen-bond acceptors (Lipinski definition) is 0. The molecule has 0 aliphatic rings. The Bertz CT molecular complexity index is 1300. The van der Waals surface area contributed by atoms with Crippen molar-refractivity contribution in [2.75, 3.05) is 0 Å². The predicted molar refractivity (Wildman–Crippen MR) is 114 cm³/mol. The van der Waals surface area contributed by atoms with Crippen molar-refractivity contribution in [3.05, 3.63) is 88.0 Å². The van der Waals surface area contributed by atoms with Crippen molar-refractivity contribution in [2.45, 2.75) is 37.1 Å². The van der Waals surface area contributed by atoms with Crippen LogP contribution in [0.1, 0.15) is 33.4 Å². The van der Waals surface area contributed by atoms with Gasteiger partial charge < -0.3 is 0 Å². The molecule has 3 aromatic rings. The maximum atomic E-state index is 14.0. The smallest absolute Gasteiger partial charge is 0.166 e. The van der Waals surface area contributed by atoms with Crippen molar-refractivity contribution < 1.29 is 79.0 Å². The molecule has 0 heterocycles.